The minimum Gasteiger partial charge on any atom is -0.498 e. The Labute approximate surface area is 199 Å². The van der Waals surface area contributed by atoms with Crippen LogP contribution in [0.15, 0.2) is 40.1 Å². The molecule has 0 bridgehead atoms. The second kappa shape index (κ2) is 18.8. The number of hydrogen-bond donors (Lipinski definition) is 2. The highest BCUT2D eigenvalue weighted by Gasteiger charge is 2.14. The molecule has 7 heteroatoms. The molecule has 0 saturated carbocycles. The van der Waals surface area contributed by atoms with Crippen LogP contribution in [-0.2, 0) is 11.2 Å². The first-order chi connectivity index (χ1) is 14.9. The number of thiazole rings is 1. The number of carbonyl (C=O) groups is 1. The molecular weight excluding hydrogens is 426 g/mol. The van der Waals surface area contributed by atoms with Crippen LogP contribution in [0.5, 0.6) is 0 Å². The zero-order chi connectivity index (χ0) is 24.4. The normalized spacial score (nSPS) is 12.8. The van der Waals surface area contributed by atoms with Crippen molar-refractivity contribution in [2.75, 3.05) is 6.61 Å². The molecule has 0 aromatic carbocycles. The van der Waals surface area contributed by atoms with Crippen LogP contribution < -0.4 is 10.6 Å². The number of rotatable bonds is 5. The third-order valence-electron chi connectivity index (χ3n) is 3.75. The molecule has 0 saturated heterocycles. The van der Waals surface area contributed by atoms with Gasteiger partial charge in [-0.1, -0.05) is 59.3 Å². The zero-order valence-electron chi connectivity index (χ0n) is 20.9. The van der Waals surface area contributed by atoms with Crippen molar-refractivity contribution >= 4 is 34.6 Å². The summed E-state index contributed by atoms with van der Waals surface area (Å²) < 4.78 is 5.47. The molecule has 1 aromatic rings. The molecule has 0 atom stereocenters. The smallest absolute Gasteiger partial charge is 0.276 e. The SMILES string of the molecule is C/C=C(/C)NC(=S)NC(=O)c1csc(C/C(C)=C/C2=C(C)OCC2)n1.CC.CC.CC. The number of nitrogens with one attached hydrogen (secondary N) is 2. The van der Waals surface area contributed by atoms with Gasteiger partial charge in [0.15, 0.2) is 5.11 Å². The summed E-state index contributed by atoms with van der Waals surface area (Å²) in [6.45, 7) is 20.6. The highest BCUT2D eigenvalue weighted by molar-refractivity contribution is 7.80. The maximum atomic E-state index is 12.2. The van der Waals surface area contributed by atoms with Gasteiger partial charge in [-0.3, -0.25) is 10.1 Å². The molecule has 2 rings (SSSR count). The van der Waals surface area contributed by atoms with Crippen molar-refractivity contribution in [1.82, 2.24) is 15.6 Å². The van der Waals surface area contributed by atoms with E-state index in [0.29, 0.717) is 5.69 Å². The van der Waals surface area contributed by atoms with E-state index < -0.39 is 0 Å². The molecule has 1 aliphatic rings. The number of nitrogens with zero attached hydrogens (tertiary/aromatic N) is 1. The topological polar surface area (TPSA) is 63.2 Å². The molecule has 1 aromatic heterocycles. The Balaban J connectivity index is 0. The van der Waals surface area contributed by atoms with Crippen LogP contribution >= 0.6 is 23.6 Å². The number of carbonyl (C=O) groups excluding carboxylic acids is 1. The Hall–Kier alpha value is -1.99. The molecule has 0 aliphatic carbocycles. The summed E-state index contributed by atoms with van der Waals surface area (Å²) in [5.41, 5.74) is 3.70. The van der Waals surface area contributed by atoms with Crippen molar-refractivity contribution in [3.8, 4) is 0 Å². The summed E-state index contributed by atoms with van der Waals surface area (Å²) in [6.07, 6.45) is 5.70. The summed E-state index contributed by atoms with van der Waals surface area (Å²) in [6, 6.07) is 0. The standard InChI is InChI=1S/C18H23N3O2S2.3C2H6/c1-5-12(3)19-18(24)21-17(22)15-10-25-16(20-15)9-11(2)8-14-6-7-23-13(14)4;3*1-2/h5,8,10H,6-7,9H2,1-4H3,(H2,19,21,22,24);3*1-2H3/b11-8+,12-5-;;;. The third-order valence-corrected chi connectivity index (χ3v) is 4.80. The summed E-state index contributed by atoms with van der Waals surface area (Å²) in [4.78, 5) is 16.6. The summed E-state index contributed by atoms with van der Waals surface area (Å²) in [5, 5.41) is 8.49. The Kier molecular flexibility index (Phi) is 18.9. The first-order valence-electron chi connectivity index (χ1n) is 11.1. The van der Waals surface area contributed by atoms with Gasteiger partial charge in [-0.2, -0.15) is 0 Å². The minimum absolute atomic E-state index is 0.273. The average molecular weight is 468 g/mol. The molecular formula is C24H41N3O2S2. The fraction of sp³-hybridized carbons (Fsp3) is 0.542. The second-order valence-electron chi connectivity index (χ2n) is 5.85. The molecule has 0 radical (unpaired) electrons. The Bertz CT molecular complexity index is 763. The van der Waals surface area contributed by atoms with E-state index in [1.165, 1.54) is 22.5 Å². The lowest BCUT2D eigenvalue weighted by molar-refractivity contribution is 0.0972. The number of hydrogen-bond acceptors (Lipinski definition) is 5. The second-order valence-corrected chi connectivity index (χ2v) is 7.20. The van der Waals surface area contributed by atoms with E-state index in [-0.39, 0.29) is 11.0 Å². The predicted octanol–water partition coefficient (Wildman–Crippen LogP) is 6.93. The summed E-state index contributed by atoms with van der Waals surface area (Å²) in [7, 11) is 0. The van der Waals surface area contributed by atoms with Crippen molar-refractivity contribution in [2.24, 2.45) is 0 Å². The van der Waals surface area contributed by atoms with Gasteiger partial charge >= 0.3 is 0 Å². The van der Waals surface area contributed by atoms with E-state index in [2.05, 4.69) is 28.6 Å². The van der Waals surface area contributed by atoms with Crippen LogP contribution in [0.4, 0.5) is 0 Å². The lowest BCUT2D eigenvalue weighted by Crippen LogP contribution is -2.38. The van der Waals surface area contributed by atoms with E-state index >= 15 is 0 Å². The fourth-order valence-corrected chi connectivity index (χ4v) is 3.41. The van der Waals surface area contributed by atoms with Crippen molar-refractivity contribution < 1.29 is 9.53 Å². The highest BCUT2D eigenvalue weighted by Crippen LogP contribution is 2.22. The van der Waals surface area contributed by atoms with Crippen LogP contribution in [-0.4, -0.2) is 22.6 Å². The van der Waals surface area contributed by atoms with Gasteiger partial charge in [0.1, 0.15) is 5.69 Å². The van der Waals surface area contributed by atoms with Gasteiger partial charge in [-0.25, -0.2) is 4.98 Å². The molecule has 2 heterocycles. The van der Waals surface area contributed by atoms with E-state index in [1.54, 1.807) is 5.38 Å². The molecule has 0 unspecified atom stereocenters. The third kappa shape index (κ3) is 12.5. The molecule has 31 heavy (non-hydrogen) atoms. The largest absolute Gasteiger partial charge is 0.498 e. The average Bonchev–Trinajstić information content (AvgIpc) is 3.41. The van der Waals surface area contributed by atoms with Gasteiger partial charge in [0.2, 0.25) is 0 Å². The molecule has 1 aliphatic heterocycles. The molecule has 5 nitrogen and oxygen atoms in total. The molecule has 2 N–H and O–H groups in total. The van der Waals surface area contributed by atoms with Crippen LogP contribution in [0.25, 0.3) is 0 Å². The van der Waals surface area contributed by atoms with E-state index in [0.717, 1.165) is 35.9 Å². The van der Waals surface area contributed by atoms with Crippen LogP contribution in [0.3, 0.4) is 0 Å². The number of thiocarbonyl (C=S) groups is 1. The van der Waals surface area contributed by atoms with Gasteiger partial charge in [0, 0.05) is 23.9 Å². The van der Waals surface area contributed by atoms with Gasteiger partial charge in [-0.05, 0) is 45.5 Å². The minimum atomic E-state index is -0.298. The lowest BCUT2D eigenvalue weighted by atomic mass is 10.1. The Morgan fingerprint density at radius 2 is 1.81 bits per heavy atom. The number of ether oxygens (including phenoxy) is 1. The van der Waals surface area contributed by atoms with Crippen molar-refractivity contribution in [1.29, 1.82) is 0 Å². The molecule has 0 fully saturated rings. The fourth-order valence-electron chi connectivity index (χ4n) is 2.29. The first kappa shape index (κ1) is 31.2. The van der Waals surface area contributed by atoms with Crippen molar-refractivity contribution in [3.05, 3.63) is 50.8 Å². The summed E-state index contributed by atoms with van der Waals surface area (Å²) in [5.74, 6) is 0.698. The van der Waals surface area contributed by atoms with Gasteiger partial charge in [-0.15, -0.1) is 11.3 Å². The Morgan fingerprint density at radius 1 is 1.19 bits per heavy atom. The number of amides is 1. The van der Waals surface area contributed by atoms with E-state index in [9.17, 15) is 4.79 Å². The van der Waals surface area contributed by atoms with Crippen molar-refractivity contribution in [2.45, 2.75) is 82.1 Å². The van der Waals surface area contributed by atoms with E-state index in [1.807, 2.05) is 68.4 Å². The maximum Gasteiger partial charge on any atom is 0.276 e. The maximum absolute atomic E-state index is 12.2. The van der Waals surface area contributed by atoms with Crippen LogP contribution in [0, 0.1) is 0 Å². The van der Waals surface area contributed by atoms with Crippen LogP contribution in [0.1, 0.15) is 91.2 Å². The number of allylic oxidation sites excluding steroid dienone is 5. The zero-order valence-corrected chi connectivity index (χ0v) is 22.6. The molecule has 0 spiro atoms. The molecule has 1 amide bonds. The van der Waals surface area contributed by atoms with Gasteiger partial charge in [0.05, 0.1) is 17.4 Å². The Morgan fingerprint density at radius 3 is 2.32 bits per heavy atom. The molecule has 176 valence electrons. The van der Waals surface area contributed by atoms with Crippen LogP contribution in [0.2, 0.25) is 0 Å². The predicted molar refractivity (Wildman–Crippen MR) is 140 cm³/mol. The van der Waals surface area contributed by atoms with Gasteiger partial charge < -0.3 is 10.1 Å². The monoisotopic (exact) mass is 467 g/mol. The summed E-state index contributed by atoms with van der Waals surface area (Å²) >= 11 is 6.58. The first-order valence-corrected chi connectivity index (χ1v) is 12.4. The highest BCUT2D eigenvalue weighted by atomic mass is 32.1. The lowest BCUT2D eigenvalue weighted by Gasteiger charge is -2.08. The van der Waals surface area contributed by atoms with Crippen molar-refractivity contribution in [3.63, 3.8) is 0 Å². The number of aromatic nitrogens is 1. The quantitative estimate of drug-likeness (QED) is 0.460. The van der Waals surface area contributed by atoms with E-state index in [4.69, 9.17) is 17.0 Å². The van der Waals surface area contributed by atoms with Gasteiger partial charge in [0.25, 0.3) is 5.91 Å².